The highest BCUT2D eigenvalue weighted by atomic mass is 32.1. The number of carbonyl (C=O) groups excluding carboxylic acids is 2. The maximum Gasteiger partial charge on any atom is 0.311 e. The molecule has 6 heteroatoms. The van der Waals surface area contributed by atoms with Gasteiger partial charge in [0, 0.05) is 11.8 Å². The van der Waals surface area contributed by atoms with E-state index >= 15 is 0 Å². The lowest BCUT2D eigenvalue weighted by atomic mass is 9.80. The van der Waals surface area contributed by atoms with Gasteiger partial charge in [0.2, 0.25) is 5.91 Å². The molecule has 1 amide bonds. The fourth-order valence-electron chi connectivity index (χ4n) is 1.42. The number of nitrogens with one attached hydrogen (secondary N) is 1. The Hall–Kier alpha value is -1.43. The van der Waals surface area contributed by atoms with Crippen molar-refractivity contribution < 1.29 is 14.3 Å². The fourth-order valence-corrected chi connectivity index (χ4v) is 2.15. The second kappa shape index (κ2) is 6.83. The fraction of sp³-hybridized carbons (Fsp3) is 0.643. The van der Waals surface area contributed by atoms with Crippen molar-refractivity contribution in [3.63, 3.8) is 0 Å². The second-order valence-electron chi connectivity index (χ2n) is 5.92. The normalized spacial score (nSPS) is 12.8. The van der Waals surface area contributed by atoms with E-state index in [0.717, 1.165) is 0 Å². The highest BCUT2D eigenvalue weighted by molar-refractivity contribution is 7.13. The number of methoxy groups -OCH3 is 1. The third-order valence-electron chi connectivity index (χ3n) is 3.32. The molecule has 5 nitrogen and oxygen atoms in total. The molecule has 1 rings (SSSR count). The number of hydrogen-bond donors (Lipinski definition) is 1. The summed E-state index contributed by atoms with van der Waals surface area (Å²) in [5.74, 6) is -0.113. The Morgan fingerprint density at radius 1 is 1.45 bits per heavy atom. The Bertz CT molecular complexity index is 477. The molecule has 1 unspecified atom stereocenters. The van der Waals surface area contributed by atoms with Crippen molar-refractivity contribution in [2.24, 2.45) is 11.3 Å². The first kappa shape index (κ1) is 16.6. The lowest BCUT2D eigenvalue weighted by Crippen LogP contribution is -2.23. The molecule has 20 heavy (non-hydrogen) atoms. The first-order valence-corrected chi connectivity index (χ1v) is 7.41. The molecule has 0 radical (unpaired) electrons. The van der Waals surface area contributed by atoms with Gasteiger partial charge in [-0.1, -0.05) is 27.7 Å². The minimum atomic E-state index is -0.338. The third kappa shape index (κ3) is 5.28. The number of carbonyl (C=O) groups is 2. The predicted octanol–water partition coefficient (Wildman–Crippen LogP) is 2.87. The highest BCUT2D eigenvalue weighted by Crippen LogP contribution is 2.28. The second-order valence-corrected chi connectivity index (χ2v) is 6.77. The largest absolute Gasteiger partial charge is 0.469 e. The maximum atomic E-state index is 11.9. The van der Waals surface area contributed by atoms with E-state index in [4.69, 9.17) is 0 Å². The number of anilines is 1. The van der Waals surface area contributed by atoms with Gasteiger partial charge in [0.1, 0.15) is 0 Å². The number of amides is 1. The predicted molar refractivity (Wildman–Crippen MR) is 79.7 cm³/mol. The summed E-state index contributed by atoms with van der Waals surface area (Å²) in [5, 5.41) is 5.05. The average Bonchev–Trinajstić information content (AvgIpc) is 2.74. The van der Waals surface area contributed by atoms with E-state index in [9.17, 15) is 9.59 Å². The molecule has 1 heterocycles. The van der Waals surface area contributed by atoms with Crippen LogP contribution in [0, 0.1) is 11.3 Å². The van der Waals surface area contributed by atoms with Crippen molar-refractivity contribution in [2.45, 2.75) is 40.5 Å². The molecule has 0 aromatic carbocycles. The van der Waals surface area contributed by atoms with Gasteiger partial charge in [-0.3, -0.25) is 9.59 Å². The summed E-state index contributed by atoms with van der Waals surface area (Å²) in [6.07, 6.45) is 0.580. The van der Waals surface area contributed by atoms with E-state index in [2.05, 4.69) is 42.7 Å². The van der Waals surface area contributed by atoms with Gasteiger partial charge in [-0.05, 0) is 11.3 Å². The lowest BCUT2D eigenvalue weighted by Gasteiger charge is -2.26. The van der Waals surface area contributed by atoms with Gasteiger partial charge in [-0.25, -0.2) is 4.98 Å². The summed E-state index contributed by atoms with van der Waals surface area (Å²) in [7, 11) is 1.34. The van der Waals surface area contributed by atoms with E-state index in [1.54, 1.807) is 5.38 Å². The molecule has 0 saturated carbocycles. The van der Waals surface area contributed by atoms with Gasteiger partial charge in [-0.2, -0.15) is 0 Å². The van der Waals surface area contributed by atoms with Crippen LogP contribution in [0.1, 0.15) is 39.8 Å². The Kier molecular flexibility index (Phi) is 5.68. The van der Waals surface area contributed by atoms with Gasteiger partial charge in [0.25, 0.3) is 0 Å². The van der Waals surface area contributed by atoms with Crippen LogP contribution in [0.5, 0.6) is 0 Å². The molecule has 0 fully saturated rings. The van der Waals surface area contributed by atoms with Crippen LogP contribution in [0.3, 0.4) is 0 Å². The minimum absolute atomic E-state index is 0.0496. The summed E-state index contributed by atoms with van der Waals surface area (Å²) in [6, 6.07) is 0. The van der Waals surface area contributed by atoms with Crippen molar-refractivity contribution >= 4 is 28.3 Å². The summed E-state index contributed by atoms with van der Waals surface area (Å²) in [5.41, 5.74) is 0.706. The molecule has 0 saturated heterocycles. The molecule has 0 aliphatic heterocycles. The molecule has 0 aliphatic carbocycles. The van der Waals surface area contributed by atoms with Crippen LogP contribution >= 0.6 is 11.3 Å². The van der Waals surface area contributed by atoms with Crippen molar-refractivity contribution in [2.75, 3.05) is 12.4 Å². The SMILES string of the molecule is COC(=O)Cc1csc(NC(=O)CC(C)C(C)(C)C)n1. The topological polar surface area (TPSA) is 68.3 Å². The van der Waals surface area contributed by atoms with Crippen LogP contribution in [0.4, 0.5) is 5.13 Å². The standard InChI is InChI=1S/C14H22N2O3S/c1-9(14(2,3)4)6-11(17)16-13-15-10(8-20-13)7-12(18)19-5/h8-9H,6-7H2,1-5H3,(H,15,16,17). The third-order valence-corrected chi connectivity index (χ3v) is 4.13. The van der Waals surface area contributed by atoms with E-state index < -0.39 is 0 Å². The van der Waals surface area contributed by atoms with Crippen LogP contribution in [0.2, 0.25) is 0 Å². The van der Waals surface area contributed by atoms with E-state index in [-0.39, 0.29) is 29.6 Å². The highest BCUT2D eigenvalue weighted by Gasteiger charge is 2.23. The number of rotatable bonds is 5. The summed E-state index contributed by atoms with van der Waals surface area (Å²) in [4.78, 5) is 27.2. The van der Waals surface area contributed by atoms with Crippen LogP contribution < -0.4 is 5.32 Å². The molecule has 1 aromatic rings. The van der Waals surface area contributed by atoms with Gasteiger partial charge >= 0.3 is 5.97 Å². The molecule has 0 aliphatic rings. The number of esters is 1. The number of hydrogen-bond acceptors (Lipinski definition) is 5. The quantitative estimate of drug-likeness (QED) is 0.849. The molecule has 1 N–H and O–H groups in total. The van der Waals surface area contributed by atoms with Crippen molar-refractivity contribution in [1.29, 1.82) is 0 Å². The van der Waals surface area contributed by atoms with E-state index in [1.807, 2.05) is 0 Å². The smallest absolute Gasteiger partial charge is 0.311 e. The van der Waals surface area contributed by atoms with Crippen LogP contribution in [0.25, 0.3) is 0 Å². The molecule has 1 aromatic heterocycles. The number of aromatic nitrogens is 1. The van der Waals surface area contributed by atoms with E-state index in [0.29, 0.717) is 17.2 Å². The summed E-state index contributed by atoms with van der Waals surface area (Å²) >= 11 is 1.31. The van der Waals surface area contributed by atoms with Crippen LogP contribution in [-0.4, -0.2) is 24.0 Å². The lowest BCUT2D eigenvalue weighted by molar-refractivity contribution is -0.139. The zero-order valence-electron chi connectivity index (χ0n) is 12.6. The zero-order chi connectivity index (χ0) is 15.3. The molecule has 1 atom stereocenters. The molecular formula is C14H22N2O3S. The first-order valence-electron chi connectivity index (χ1n) is 6.53. The van der Waals surface area contributed by atoms with Gasteiger partial charge in [0.15, 0.2) is 5.13 Å². The van der Waals surface area contributed by atoms with Crippen LogP contribution in [0.15, 0.2) is 5.38 Å². The van der Waals surface area contributed by atoms with Crippen molar-refractivity contribution in [3.05, 3.63) is 11.1 Å². The summed E-state index contributed by atoms with van der Waals surface area (Å²) in [6.45, 7) is 8.40. The van der Waals surface area contributed by atoms with E-state index in [1.165, 1.54) is 18.4 Å². The number of thiazole rings is 1. The number of nitrogens with zero attached hydrogens (tertiary/aromatic N) is 1. The van der Waals surface area contributed by atoms with Crippen molar-refractivity contribution in [1.82, 2.24) is 4.98 Å². The molecule has 112 valence electrons. The molecular weight excluding hydrogens is 276 g/mol. The Labute approximate surface area is 123 Å². The monoisotopic (exact) mass is 298 g/mol. The molecule has 0 bridgehead atoms. The van der Waals surface area contributed by atoms with Gasteiger partial charge in [-0.15, -0.1) is 11.3 Å². The average molecular weight is 298 g/mol. The molecule has 0 spiro atoms. The Morgan fingerprint density at radius 2 is 2.10 bits per heavy atom. The van der Waals surface area contributed by atoms with Gasteiger partial charge < -0.3 is 10.1 Å². The zero-order valence-corrected chi connectivity index (χ0v) is 13.5. The Morgan fingerprint density at radius 3 is 2.65 bits per heavy atom. The first-order chi connectivity index (χ1) is 9.22. The summed E-state index contributed by atoms with van der Waals surface area (Å²) < 4.78 is 4.57. The minimum Gasteiger partial charge on any atom is -0.469 e. The van der Waals surface area contributed by atoms with Crippen molar-refractivity contribution in [3.8, 4) is 0 Å². The maximum absolute atomic E-state index is 11.9. The van der Waals surface area contributed by atoms with Gasteiger partial charge in [0.05, 0.1) is 19.2 Å². The Balaban J connectivity index is 2.53. The number of ether oxygens (including phenoxy) is 1. The van der Waals surface area contributed by atoms with Crippen LogP contribution in [-0.2, 0) is 20.7 Å².